The monoisotopic (exact) mass is 516 g/mol. The fourth-order valence-electron chi connectivity index (χ4n) is 2.30. The number of hydrogen-bond donors (Lipinski definition) is 2. The first-order valence-electron chi connectivity index (χ1n) is 9.12. The predicted molar refractivity (Wildman–Crippen MR) is 113 cm³/mol. The molecule has 0 spiro atoms. The maximum Gasteiger partial charge on any atom is 0.433 e. The molecule has 172 valence electrons. The average molecular weight is 517 g/mol. The van der Waals surface area contributed by atoms with Crippen LogP contribution in [0.5, 0.6) is 0 Å². The highest BCUT2D eigenvalue weighted by molar-refractivity contribution is 9.10. The number of nitrogens with zero attached hydrogens (tertiary/aromatic N) is 2. The summed E-state index contributed by atoms with van der Waals surface area (Å²) in [7, 11) is 0. The van der Waals surface area contributed by atoms with Gasteiger partial charge in [0.1, 0.15) is 11.3 Å². The molecule has 2 N–H and O–H groups in total. The zero-order valence-corrected chi connectivity index (χ0v) is 19.1. The van der Waals surface area contributed by atoms with Crippen LogP contribution in [0.1, 0.15) is 42.4 Å². The topological polar surface area (TPSA) is 101 Å². The summed E-state index contributed by atoms with van der Waals surface area (Å²) in [6.07, 6.45) is -4.95. The number of ether oxygens (including phenoxy) is 1. The summed E-state index contributed by atoms with van der Waals surface area (Å²) in [5.74, 6) is -1.12. The number of carbonyl (C=O) groups is 3. The van der Waals surface area contributed by atoms with Crippen LogP contribution in [0.4, 0.5) is 28.4 Å². The zero-order valence-electron chi connectivity index (χ0n) is 17.5. The van der Waals surface area contributed by atoms with E-state index in [0.717, 1.165) is 17.8 Å². The lowest BCUT2D eigenvalue weighted by Crippen LogP contribution is -2.53. The Morgan fingerprint density at radius 3 is 2.31 bits per heavy atom. The van der Waals surface area contributed by atoms with Crippen LogP contribution >= 0.6 is 15.9 Å². The number of hydrogen-bond acceptors (Lipinski definition) is 5. The molecule has 0 saturated heterocycles. The van der Waals surface area contributed by atoms with Crippen LogP contribution in [0.2, 0.25) is 0 Å². The zero-order chi connectivity index (χ0) is 24.3. The number of hydrazine groups is 1. The molecule has 1 aromatic heterocycles. The van der Waals surface area contributed by atoms with Crippen molar-refractivity contribution in [2.45, 2.75) is 39.5 Å². The van der Waals surface area contributed by atoms with E-state index in [2.05, 4.69) is 26.3 Å². The van der Waals surface area contributed by atoms with Crippen LogP contribution in [0, 0.1) is 6.92 Å². The standard InChI is InChI=1S/C20H20BrF3N4O4/c1-11-5-6-13(10-14(11)21)28(27-18(31)32-19(2,3)4)17(30)26-16(29)12-7-8-25-15(9-12)20(22,23)24/h5-10H,1-4H3,(H,27,31)(H,26,29,30). The van der Waals surface area contributed by atoms with Crippen molar-refractivity contribution in [1.29, 1.82) is 0 Å². The largest absolute Gasteiger partial charge is 0.443 e. The van der Waals surface area contributed by atoms with Gasteiger partial charge in [0, 0.05) is 16.2 Å². The van der Waals surface area contributed by atoms with Gasteiger partial charge < -0.3 is 4.74 Å². The van der Waals surface area contributed by atoms with Gasteiger partial charge in [-0.2, -0.15) is 18.2 Å². The average Bonchev–Trinajstić information content (AvgIpc) is 2.66. The number of halogens is 4. The summed E-state index contributed by atoms with van der Waals surface area (Å²) in [5, 5.41) is 2.65. The van der Waals surface area contributed by atoms with Crippen molar-refractivity contribution in [3.63, 3.8) is 0 Å². The number of imide groups is 1. The number of aryl methyl sites for hydroxylation is 1. The van der Waals surface area contributed by atoms with E-state index in [-0.39, 0.29) is 5.69 Å². The van der Waals surface area contributed by atoms with Gasteiger partial charge in [-0.15, -0.1) is 0 Å². The number of carbonyl (C=O) groups excluding carboxylic acids is 3. The van der Waals surface area contributed by atoms with Gasteiger partial charge in [0.15, 0.2) is 0 Å². The Labute approximate surface area is 190 Å². The van der Waals surface area contributed by atoms with E-state index in [1.807, 2.05) is 5.32 Å². The highest BCUT2D eigenvalue weighted by Gasteiger charge is 2.33. The molecule has 0 aliphatic heterocycles. The van der Waals surface area contributed by atoms with Crippen molar-refractivity contribution < 1.29 is 32.3 Å². The van der Waals surface area contributed by atoms with Gasteiger partial charge in [-0.3, -0.25) is 15.1 Å². The van der Waals surface area contributed by atoms with Crippen molar-refractivity contribution in [3.8, 4) is 0 Å². The minimum absolute atomic E-state index is 0.157. The molecule has 0 fully saturated rings. The second kappa shape index (κ2) is 9.55. The van der Waals surface area contributed by atoms with Crippen LogP contribution in [0.15, 0.2) is 41.0 Å². The molecule has 32 heavy (non-hydrogen) atoms. The van der Waals surface area contributed by atoms with Crippen molar-refractivity contribution in [1.82, 2.24) is 15.7 Å². The molecule has 0 bridgehead atoms. The molecular formula is C20H20BrF3N4O4. The van der Waals surface area contributed by atoms with E-state index in [4.69, 9.17) is 4.74 Å². The molecule has 4 amide bonds. The lowest BCUT2D eigenvalue weighted by Gasteiger charge is -2.26. The van der Waals surface area contributed by atoms with Crippen molar-refractivity contribution in [2.24, 2.45) is 0 Å². The number of anilines is 1. The quantitative estimate of drug-likeness (QED) is 0.549. The third-order valence-corrected chi connectivity index (χ3v) is 4.61. The van der Waals surface area contributed by atoms with Gasteiger partial charge in [0.25, 0.3) is 5.91 Å². The summed E-state index contributed by atoms with van der Waals surface area (Å²) in [6.45, 7) is 6.64. The molecule has 8 nitrogen and oxygen atoms in total. The second-order valence-electron chi connectivity index (χ2n) is 7.57. The Balaban J connectivity index is 2.30. The molecule has 1 aromatic carbocycles. The van der Waals surface area contributed by atoms with Crippen LogP contribution < -0.4 is 15.8 Å². The SMILES string of the molecule is Cc1ccc(N(NC(=O)OC(C)(C)C)C(=O)NC(=O)c2ccnc(C(F)(F)F)c2)cc1Br. The summed E-state index contributed by atoms with van der Waals surface area (Å²) in [4.78, 5) is 40.6. The first-order chi connectivity index (χ1) is 14.7. The third-order valence-electron chi connectivity index (χ3n) is 3.75. The van der Waals surface area contributed by atoms with Gasteiger partial charge >= 0.3 is 18.3 Å². The minimum atomic E-state index is -4.77. The molecule has 1 heterocycles. The van der Waals surface area contributed by atoms with Gasteiger partial charge in [0.2, 0.25) is 0 Å². The van der Waals surface area contributed by atoms with Gasteiger partial charge in [-0.25, -0.2) is 15.0 Å². The number of urea groups is 1. The molecule has 0 saturated carbocycles. The molecule has 12 heteroatoms. The molecular weight excluding hydrogens is 497 g/mol. The molecule has 2 aromatic rings. The summed E-state index contributed by atoms with van der Waals surface area (Å²) >= 11 is 3.31. The van der Waals surface area contributed by atoms with Gasteiger partial charge in [-0.1, -0.05) is 22.0 Å². The number of pyridine rings is 1. The smallest absolute Gasteiger partial charge is 0.433 e. The molecule has 0 atom stereocenters. The Kier molecular flexibility index (Phi) is 7.50. The minimum Gasteiger partial charge on any atom is -0.443 e. The summed E-state index contributed by atoms with van der Waals surface area (Å²) < 4.78 is 44.3. The molecule has 0 aliphatic carbocycles. The highest BCUT2D eigenvalue weighted by Crippen LogP contribution is 2.28. The second-order valence-corrected chi connectivity index (χ2v) is 8.42. The fourth-order valence-corrected chi connectivity index (χ4v) is 2.66. The van der Waals surface area contributed by atoms with Crippen LogP contribution in [-0.4, -0.2) is 28.6 Å². The number of aromatic nitrogens is 1. The molecule has 2 rings (SSSR count). The normalized spacial score (nSPS) is 11.5. The summed E-state index contributed by atoms with van der Waals surface area (Å²) in [6, 6.07) is 5.06. The van der Waals surface area contributed by atoms with E-state index >= 15 is 0 Å². The van der Waals surface area contributed by atoms with E-state index in [9.17, 15) is 27.6 Å². The first kappa shape index (κ1) is 25.1. The van der Waals surface area contributed by atoms with Gasteiger partial charge in [-0.05, 0) is 57.5 Å². The van der Waals surface area contributed by atoms with Crippen LogP contribution in [-0.2, 0) is 10.9 Å². The van der Waals surface area contributed by atoms with Crippen molar-refractivity contribution in [3.05, 3.63) is 57.8 Å². The molecule has 0 unspecified atom stereocenters. The highest BCUT2D eigenvalue weighted by atomic mass is 79.9. The van der Waals surface area contributed by atoms with E-state index < -0.39 is 41.1 Å². The number of benzene rings is 1. The van der Waals surface area contributed by atoms with Crippen LogP contribution in [0.25, 0.3) is 0 Å². The number of amides is 4. The number of rotatable bonds is 2. The fraction of sp³-hybridized carbons (Fsp3) is 0.300. The Morgan fingerprint density at radius 2 is 1.75 bits per heavy atom. The Hall–Kier alpha value is -3.15. The van der Waals surface area contributed by atoms with Crippen molar-refractivity contribution >= 4 is 39.6 Å². The Bertz CT molecular complexity index is 1040. The predicted octanol–water partition coefficient (Wildman–Crippen LogP) is 4.97. The maximum atomic E-state index is 12.9. The van der Waals surface area contributed by atoms with E-state index in [1.54, 1.807) is 33.8 Å². The lowest BCUT2D eigenvalue weighted by molar-refractivity contribution is -0.141. The number of nitrogens with one attached hydrogen (secondary N) is 2. The first-order valence-corrected chi connectivity index (χ1v) is 9.91. The Morgan fingerprint density at radius 1 is 1.09 bits per heavy atom. The van der Waals surface area contributed by atoms with Crippen LogP contribution in [0.3, 0.4) is 0 Å². The third kappa shape index (κ3) is 6.94. The van der Waals surface area contributed by atoms with Gasteiger partial charge in [0.05, 0.1) is 5.69 Å². The molecule has 0 aliphatic rings. The summed E-state index contributed by atoms with van der Waals surface area (Å²) in [5.41, 5.74) is 0.609. The van der Waals surface area contributed by atoms with E-state index in [0.29, 0.717) is 15.5 Å². The molecule has 0 radical (unpaired) electrons. The van der Waals surface area contributed by atoms with Crippen molar-refractivity contribution in [2.75, 3.05) is 5.01 Å². The van der Waals surface area contributed by atoms with E-state index in [1.165, 1.54) is 12.1 Å². The maximum absolute atomic E-state index is 12.9. The lowest BCUT2D eigenvalue weighted by atomic mass is 10.2. The number of alkyl halides is 3.